The summed E-state index contributed by atoms with van der Waals surface area (Å²) >= 11 is 0. The molecule has 0 radical (unpaired) electrons. The molecule has 2 heterocycles. The van der Waals surface area contributed by atoms with Crippen LogP contribution in [-0.2, 0) is 6.54 Å². The van der Waals surface area contributed by atoms with Gasteiger partial charge in [-0.3, -0.25) is 4.68 Å². The standard InChI is InChI=1S/C16H21N3O/c1-11(2)19-16(15(20-3)10-18-19)14-9-17-8-12-6-4-5-7-13(12)14/h4-7,10-11,14,17H,8-9H2,1-3H3. The first-order valence-corrected chi connectivity index (χ1v) is 7.12. The average molecular weight is 271 g/mol. The SMILES string of the molecule is COc1cnn(C(C)C)c1C1CNCc2ccccc21. The van der Waals surface area contributed by atoms with Gasteiger partial charge < -0.3 is 10.1 Å². The highest BCUT2D eigenvalue weighted by Crippen LogP contribution is 2.36. The number of methoxy groups -OCH3 is 1. The minimum Gasteiger partial charge on any atom is -0.493 e. The maximum atomic E-state index is 5.53. The van der Waals surface area contributed by atoms with Gasteiger partial charge in [-0.15, -0.1) is 0 Å². The molecule has 0 bridgehead atoms. The minimum absolute atomic E-state index is 0.291. The predicted octanol–water partition coefficient (Wildman–Crippen LogP) is 2.71. The summed E-state index contributed by atoms with van der Waals surface area (Å²) in [6.45, 7) is 6.16. The van der Waals surface area contributed by atoms with Crippen LogP contribution in [0.5, 0.6) is 5.75 Å². The van der Waals surface area contributed by atoms with Crippen molar-refractivity contribution >= 4 is 0 Å². The average Bonchev–Trinajstić information content (AvgIpc) is 2.90. The van der Waals surface area contributed by atoms with E-state index in [4.69, 9.17) is 4.74 Å². The molecule has 1 N–H and O–H groups in total. The Morgan fingerprint density at radius 2 is 2.15 bits per heavy atom. The molecule has 3 rings (SSSR count). The maximum Gasteiger partial charge on any atom is 0.160 e. The van der Waals surface area contributed by atoms with E-state index in [1.807, 2.05) is 6.20 Å². The van der Waals surface area contributed by atoms with E-state index in [2.05, 4.69) is 53.2 Å². The van der Waals surface area contributed by atoms with Gasteiger partial charge >= 0.3 is 0 Å². The zero-order valence-electron chi connectivity index (χ0n) is 12.3. The topological polar surface area (TPSA) is 39.1 Å². The Balaban J connectivity index is 2.12. The van der Waals surface area contributed by atoms with Gasteiger partial charge in [-0.2, -0.15) is 5.10 Å². The lowest BCUT2D eigenvalue weighted by Crippen LogP contribution is -2.30. The number of aromatic nitrogens is 2. The Kier molecular flexibility index (Phi) is 3.49. The number of hydrogen-bond donors (Lipinski definition) is 1. The third-order valence-corrected chi connectivity index (χ3v) is 3.93. The molecule has 1 unspecified atom stereocenters. The lowest BCUT2D eigenvalue weighted by Gasteiger charge is -2.28. The molecule has 1 aliphatic heterocycles. The largest absolute Gasteiger partial charge is 0.493 e. The van der Waals surface area contributed by atoms with Crippen molar-refractivity contribution in [3.8, 4) is 5.75 Å². The third-order valence-electron chi connectivity index (χ3n) is 3.93. The van der Waals surface area contributed by atoms with Crippen LogP contribution in [0, 0.1) is 0 Å². The molecule has 106 valence electrons. The molecule has 2 aromatic rings. The molecule has 1 atom stereocenters. The first kappa shape index (κ1) is 13.2. The molecule has 4 nitrogen and oxygen atoms in total. The number of nitrogens with one attached hydrogen (secondary N) is 1. The molecule has 0 spiro atoms. The van der Waals surface area contributed by atoms with E-state index in [9.17, 15) is 0 Å². The number of fused-ring (bicyclic) bond motifs is 1. The van der Waals surface area contributed by atoms with E-state index in [0.717, 1.165) is 18.8 Å². The second-order valence-corrected chi connectivity index (χ2v) is 5.52. The third kappa shape index (κ3) is 2.10. The van der Waals surface area contributed by atoms with E-state index in [0.29, 0.717) is 12.0 Å². The summed E-state index contributed by atoms with van der Waals surface area (Å²) in [6.07, 6.45) is 1.83. The van der Waals surface area contributed by atoms with Gasteiger partial charge in [-0.25, -0.2) is 0 Å². The van der Waals surface area contributed by atoms with Crippen LogP contribution in [0.4, 0.5) is 0 Å². The van der Waals surface area contributed by atoms with Crippen molar-refractivity contribution in [2.24, 2.45) is 0 Å². The van der Waals surface area contributed by atoms with Crippen molar-refractivity contribution in [1.82, 2.24) is 15.1 Å². The zero-order valence-corrected chi connectivity index (χ0v) is 12.3. The van der Waals surface area contributed by atoms with Crippen LogP contribution in [0.1, 0.15) is 42.6 Å². The lowest BCUT2D eigenvalue weighted by atomic mass is 9.88. The Bertz CT molecular complexity index is 604. The van der Waals surface area contributed by atoms with Crippen LogP contribution >= 0.6 is 0 Å². The van der Waals surface area contributed by atoms with Crippen molar-refractivity contribution in [2.75, 3.05) is 13.7 Å². The van der Waals surface area contributed by atoms with Crippen molar-refractivity contribution in [1.29, 1.82) is 0 Å². The van der Waals surface area contributed by atoms with Crippen LogP contribution in [-0.4, -0.2) is 23.4 Å². The van der Waals surface area contributed by atoms with E-state index >= 15 is 0 Å². The molecule has 1 aromatic heterocycles. The molecule has 0 fully saturated rings. The fourth-order valence-corrected chi connectivity index (χ4v) is 3.00. The number of hydrogen-bond acceptors (Lipinski definition) is 3. The van der Waals surface area contributed by atoms with Crippen LogP contribution in [0.3, 0.4) is 0 Å². The van der Waals surface area contributed by atoms with Gasteiger partial charge in [0, 0.05) is 25.0 Å². The monoisotopic (exact) mass is 271 g/mol. The molecule has 0 amide bonds. The molecule has 4 heteroatoms. The highest BCUT2D eigenvalue weighted by molar-refractivity contribution is 5.42. The number of nitrogens with zero attached hydrogens (tertiary/aromatic N) is 2. The summed E-state index contributed by atoms with van der Waals surface area (Å²) in [6, 6.07) is 8.94. The Hall–Kier alpha value is -1.81. The summed E-state index contributed by atoms with van der Waals surface area (Å²) < 4.78 is 7.61. The second kappa shape index (κ2) is 5.29. The van der Waals surface area contributed by atoms with Gasteiger partial charge in [0.1, 0.15) is 0 Å². The van der Waals surface area contributed by atoms with E-state index in [-0.39, 0.29) is 0 Å². The highest BCUT2D eigenvalue weighted by atomic mass is 16.5. The maximum absolute atomic E-state index is 5.53. The zero-order chi connectivity index (χ0) is 14.1. The van der Waals surface area contributed by atoms with E-state index < -0.39 is 0 Å². The van der Waals surface area contributed by atoms with E-state index in [1.54, 1.807) is 7.11 Å². The van der Waals surface area contributed by atoms with Gasteiger partial charge in [0.15, 0.2) is 5.75 Å². The summed E-state index contributed by atoms with van der Waals surface area (Å²) in [5.74, 6) is 1.17. The van der Waals surface area contributed by atoms with E-state index in [1.165, 1.54) is 16.8 Å². The fourth-order valence-electron chi connectivity index (χ4n) is 3.00. The fraction of sp³-hybridized carbons (Fsp3) is 0.438. The lowest BCUT2D eigenvalue weighted by molar-refractivity contribution is 0.396. The molecule has 1 aliphatic rings. The van der Waals surface area contributed by atoms with Crippen molar-refractivity contribution in [3.63, 3.8) is 0 Å². The first-order valence-electron chi connectivity index (χ1n) is 7.12. The summed E-state index contributed by atoms with van der Waals surface area (Å²) in [7, 11) is 1.72. The quantitative estimate of drug-likeness (QED) is 0.933. The minimum atomic E-state index is 0.291. The molecule has 0 aliphatic carbocycles. The molecule has 1 aromatic carbocycles. The smallest absolute Gasteiger partial charge is 0.160 e. The summed E-state index contributed by atoms with van der Waals surface area (Å²) in [5, 5.41) is 8.00. The van der Waals surface area contributed by atoms with Gasteiger partial charge in [0.2, 0.25) is 0 Å². The van der Waals surface area contributed by atoms with Crippen molar-refractivity contribution < 1.29 is 4.74 Å². The van der Waals surface area contributed by atoms with Gasteiger partial charge in [-0.1, -0.05) is 24.3 Å². The van der Waals surface area contributed by atoms with Crippen LogP contribution in [0.2, 0.25) is 0 Å². The van der Waals surface area contributed by atoms with Gasteiger partial charge in [0.05, 0.1) is 19.0 Å². The first-order chi connectivity index (χ1) is 9.72. The number of ether oxygens (including phenoxy) is 1. The van der Waals surface area contributed by atoms with Gasteiger partial charge in [0.25, 0.3) is 0 Å². The highest BCUT2D eigenvalue weighted by Gasteiger charge is 2.28. The molecular formula is C16H21N3O. The van der Waals surface area contributed by atoms with Crippen molar-refractivity contribution in [3.05, 3.63) is 47.3 Å². The van der Waals surface area contributed by atoms with Gasteiger partial charge in [-0.05, 0) is 25.0 Å². The number of rotatable bonds is 3. The van der Waals surface area contributed by atoms with Crippen LogP contribution in [0.25, 0.3) is 0 Å². The van der Waals surface area contributed by atoms with Crippen molar-refractivity contribution in [2.45, 2.75) is 32.4 Å². The Morgan fingerprint density at radius 3 is 2.90 bits per heavy atom. The number of benzene rings is 1. The summed E-state index contributed by atoms with van der Waals surface area (Å²) in [5.41, 5.74) is 3.91. The molecule has 0 saturated heterocycles. The second-order valence-electron chi connectivity index (χ2n) is 5.52. The predicted molar refractivity (Wildman–Crippen MR) is 79.2 cm³/mol. The summed E-state index contributed by atoms with van der Waals surface area (Å²) in [4.78, 5) is 0. The molecule has 20 heavy (non-hydrogen) atoms. The Morgan fingerprint density at radius 1 is 1.35 bits per heavy atom. The molecule has 0 saturated carbocycles. The Labute approximate surface area is 119 Å². The molecular weight excluding hydrogens is 250 g/mol. The normalized spacial score (nSPS) is 18.1. The van der Waals surface area contributed by atoms with Crippen LogP contribution in [0.15, 0.2) is 30.5 Å². The van der Waals surface area contributed by atoms with Crippen LogP contribution < -0.4 is 10.1 Å².